The van der Waals surface area contributed by atoms with Crippen LogP contribution in [-0.2, 0) is 0 Å². The number of ether oxygens (including phenoxy) is 1. The number of carbonyl (C=O) groups is 1. The zero-order valence-corrected chi connectivity index (χ0v) is 15.7. The highest BCUT2D eigenvalue weighted by Gasteiger charge is 2.17. The van der Waals surface area contributed by atoms with Crippen molar-refractivity contribution in [3.63, 3.8) is 0 Å². The second-order valence-corrected chi connectivity index (χ2v) is 6.81. The summed E-state index contributed by atoms with van der Waals surface area (Å²) in [5, 5.41) is 1.05. The van der Waals surface area contributed by atoms with Gasteiger partial charge in [-0.2, -0.15) is 0 Å². The van der Waals surface area contributed by atoms with E-state index in [0.717, 1.165) is 11.1 Å². The molecule has 1 aromatic heterocycles. The highest BCUT2D eigenvalue weighted by molar-refractivity contribution is 6.04. The Morgan fingerprint density at radius 1 is 0.821 bits per heavy atom. The third kappa shape index (κ3) is 3.32. The lowest BCUT2D eigenvalue weighted by Gasteiger charge is -2.12. The number of esters is 1. The smallest absolute Gasteiger partial charge is 0.345 e. The summed E-state index contributed by atoms with van der Waals surface area (Å²) < 4.78 is 7.08. The molecule has 0 fully saturated rings. The van der Waals surface area contributed by atoms with Crippen molar-refractivity contribution >= 4 is 16.7 Å². The van der Waals surface area contributed by atoms with Crippen molar-refractivity contribution in [1.29, 1.82) is 0 Å². The van der Waals surface area contributed by atoms with Crippen LogP contribution in [0, 0.1) is 13.8 Å². The molecule has 0 atom stereocenters. The minimum absolute atomic E-state index is 0.174. The van der Waals surface area contributed by atoms with Gasteiger partial charge in [0.15, 0.2) is 0 Å². The number of benzene rings is 3. The lowest BCUT2D eigenvalue weighted by Crippen LogP contribution is -2.22. The summed E-state index contributed by atoms with van der Waals surface area (Å²) >= 11 is 0. The van der Waals surface area contributed by atoms with Gasteiger partial charge >= 0.3 is 5.97 Å². The molecule has 4 rings (SSSR count). The SMILES string of the molecule is Cc1ccc(-n2cc(C(=O)Oc3cccc(C)c3)c3ccccc3c2=O)cc1. The molecule has 0 unspecified atom stereocenters. The first-order valence-corrected chi connectivity index (χ1v) is 9.03. The number of hydrogen-bond donors (Lipinski definition) is 0. The molecule has 4 heteroatoms. The predicted molar refractivity (Wildman–Crippen MR) is 110 cm³/mol. The average molecular weight is 369 g/mol. The van der Waals surface area contributed by atoms with Gasteiger partial charge in [0.05, 0.1) is 5.56 Å². The quantitative estimate of drug-likeness (QED) is 0.384. The van der Waals surface area contributed by atoms with Crippen LogP contribution in [0.2, 0.25) is 0 Å². The maximum absolute atomic E-state index is 13.0. The van der Waals surface area contributed by atoms with Gasteiger partial charge in [-0.25, -0.2) is 4.79 Å². The molecule has 0 aliphatic heterocycles. The molecular formula is C24H19NO3. The number of nitrogens with zero attached hydrogens (tertiary/aromatic N) is 1. The fraction of sp³-hybridized carbons (Fsp3) is 0.0833. The standard InChI is InChI=1S/C24H19NO3/c1-16-10-12-18(13-11-16)25-15-22(20-8-3-4-9-21(20)23(25)26)24(27)28-19-7-5-6-17(2)14-19/h3-15H,1-2H3. The molecular weight excluding hydrogens is 350 g/mol. The van der Waals surface area contributed by atoms with Crippen LogP contribution >= 0.6 is 0 Å². The second-order valence-electron chi connectivity index (χ2n) is 6.81. The van der Waals surface area contributed by atoms with Crippen molar-refractivity contribution in [2.75, 3.05) is 0 Å². The third-order valence-corrected chi connectivity index (χ3v) is 4.66. The van der Waals surface area contributed by atoms with Gasteiger partial charge in [-0.15, -0.1) is 0 Å². The Morgan fingerprint density at radius 3 is 2.25 bits per heavy atom. The number of rotatable bonds is 3. The minimum atomic E-state index is -0.498. The molecule has 4 nitrogen and oxygen atoms in total. The minimum Gasteiger partial charge on any atom is -0.423 e. The summed E-state index contributed by atoms with van der Waals surface area (Å²) in [5.74, 6) is -0.0233. The summed E-state index contributed by atoms with van der Waals surface area (Å²) in [5.41, 5.74) is 2.96. The van der Waals surface area contributed by atoms with Crippen LogP contribution in [0.5, 0.6) is 5.75 Å². The van der Waals surface area contributed by atoms with Gasteiger partial charge in [-0.05, 0) is 49.7 Å². The fourth-order valence-electron chi connectivity index (χ4n) is 3.19. The monoisotopic (exact) mass is 369 g/mol. The van der Waals surface area contributed by atoms with Crippen LogP contribution in [0.25, 0.3) is 16.5 Å². The normalized spacial score (nSPS) is 10.8. The second kappa shape index (κ2) is 7.16. The van der Waals surface area contributed by atoms with Crippen LogP contribution in [0.3, 0.4) is 0 Å². The highest BCUT2D eigenvalue weighted by atomic mass is 16.5. The van der Waals surface area contributed by atoms with Gasteiger partial charge < -0.3 is 4.74 Å². The van der Waals surface area contributed by atoms with E-state index in [1.54, 1.807) is 42.6 Å². The lowest BCUT2D eigenvalue weighted by atomic mass is 10.1. The zero-order valence-electron chi connectivity index (χ0n) is 15.7. The Morgan fingerprint density at radius 2 is 1.54 bits per heavy atom. The molecule has 0 spiro atoms. The summed E-state index contributed by atoms with van der Waals surface area (Å²) in [7, 11) is 0. The van der Waals surface area contributed by atoms with E-state index in [4.69, 9.17) is 4.74 Å². The predicted octanol–water partition coefficient (Wildman–Crippen LogP) is 4.83. The van der Waals surface area contributed by atoms with Crippen molar-refractivity contribution < 1.29 is 9.53 Å². The van der Waals surface area contributed by atoms with Crippen molar-refractivity contribution in [1.82, 2.24) is 4.57 Å². The van der Waals surface area contributed by atoms with Crippen LogP contribution < -0.4 is 10.3 Å². The lowest BCUT2D eigenvalue weighted by molar-refractivity contribution is 0.0736. The highest BCUT2D eigenvalue weighted by Crippen LogP contribution is 2.21. The molecule has 4 aromatic rings. The maximum Gasteiger partial charge on any atom is 0.345 e. The van der Waals surface area contributed by atoms with Gasteiger partial charge in [0.2, 0.25) is 0 Å². The van der Waals surface area contributed by atoms with E-state index in [1.807, 2.05) is 50.2 Å². The fourth-order valence-corrected chi connectivity index (χ4v) is 3.19. The van der Waals surface area contributed by atoms with E-state index >= 15 is 0 Å². The van der Waals surface area contributed by atoms with E-state index in [2.05, 4.69) is 0 Å². The van der Waals surface area contributed by atoms with E-state index in [1.165, 1.54) is 4.57 Å². The first-order valence-electron chi connectivity index (χ1n) is 9.03. The summed E-state index contributed by atoms with van der Waals surface area (Å²) in [6, 6.07) is 22.0. The molecule has 0 N–H and O–H groups in total. The maximum atomic E-state index is 13.0. The number of aryl methyl sites for hydroxylation is 2. The largest absolute Gasteiger partial charge is 0.423 e. The van der Waals surface area contributed by atoms with E-state index in [-0.39, 0.29) is 5.56 Å². The van der Waals surface area contributed by atoms with Gasteiger partial charge in [-0.1, -0.05) is 48.0 Å². The van der Waals surface area contributed by atoms with Crippen LogP contribution in [-0.4, -0.2) is 10.5 Å². The molecule has 0 bridgehead atoms. The van der Waals surface area contributed by atoms with E-state index < -0.39 is 5.97 Å². The molecule has 138 valence electrons. The van der Waals surface area contributed by atoms with Crippen molar-refractivity contribution in [3.8, 4) is 11.4 Å². The van der Waals surface area contributed by atoms with Crippen molar-refractivity contribution in [2.24, 2.45) is 0 Å². The molecule has 3 aromatic carbocycles. The number of aromatic nitrogens is 1. The molecule has 0 radical (unpaired) electrons. The number of hydrogen-bond acceptors (Lipinski definition) is 3. The average Bonchev–Trinajstić information content (AvgIpc) is 2.69. The number of pyridine rings is 1. The Hall–Kier alpha value is -3.66. The molecule has 0 aliphatic rings. The summed E-state index contributed by atoms with van der Waals surface area (Å²) in [6.07, 6.45) is 1.56. The van der Waals surface area contributed by atoms with E-state index in [0.29, 0.717) is 27.8 Å². The van der Waals surface area contributed by atoms with Crippen LogP contribution in [0.4, 0.5) is 0 Å². The third-order valence-electron chi connectivity index (χ3n) is 4.66. The van der Waals surface area contributed by atoms with Crippen LogP contribution in [0.15, 0.2) is 83.8 Å². The van der Waals surface area contributed by atoms with Gasteiger partial charge in [0, 0.05) is 22.7 Å². The number of fused-ring (bicyclic) bond motifs is 1. The molecule has 0 saturated heterocycles. The number of carbonyl (C=O) groups excluding carboxylic acids is 1. The Bertz CT molecular complexity index is 1240. The first kappa shape index (κ1) is 17.7. The Balaban J connectivity index is 1.87. The van der Waals surface area contributed by atoms with Crippen LogP contribution in [0.1, 0.15) is 21.5 Å². The molecule has 1 heterocycles. The summed E-state index contributed by atoms with van der Waals surface area (Å²) in [6.45, 7) is 3.92. The Labute approximate surface area is 162 Å². The molecule has 0 saturated carbocycles. The summed E-state index contributed by atoms with van der Waals surface area (Å²) in [4.78, 5) is 26.0. The van der Waals surface area contributed by atoms with E-state index in [9.17, 15) is 9.59 Å². The zero-order chi connectivity index (χ0) is 19.7. The van der Waals surface area contributed by atoms with Gasteiger partial charge in [0.25, 0.3) is 5.56 Å². The topological polar surface area (TPSA) is 48.3 Å². The molecule has 28 heavy (non-hydrogen) atoms. The first-order chi connectivity index (χ1) is 13.5. The molecule has 0 aliphatic carbocycles. The van der Waals surface area contributed by atoms with Crippen molar-refractivity contribution in [3.05, 3.63) is 106 Å². The Kier molecular flexibility index (Phi) is 4.53. The van der Waals surface area contributed by atoms with Gasteiger partial charge in [-0.3, -0.25) is 9.36 Å². The molecule has 0 amide bonds. The van der Waals surface area contributed by atoms with Gasteiger partial charge in [0.1, 0.15) is 5.75 Å². The van der Waals surface area contributed by atoms with Crippen molar-refractivity contribution in [2.45, 2.75) is 13.8 Å².